The molecule has 28 heavy (non-hydrogen) atoms. The lowest BCUT2D eigenvalue weighted by atomic mass is 10.1. The number of cyclic esters (lactones) is 2. The van der Waals surface area contributed by atoms with Gasteiger partial charge in [-0.25, -0.2) is 14.4 Å². The van der Waals surface area contributed by atoms with Crippen LogP contribution >= 0.6 is 0 Å². The Hall–Kier alpha value is -3.03. The topological polar surface area (TPSA) is 105 Å². The number of ether oxygens (including phenoxy) is 2. The predicted molar refractivity (Wildman–Crippen MR) is 102 cm³/mol. The molecular formula is C20H24N2O6. The van der Waals surface area contributed by atoms with E-state index < -0.39 is 23.7 Å². The van der Waals surface area contributed by atoms with E-state index in [4.69, 9.17) is 9.47 Å². The number of carbonyl (C=O) groups is 3. The lowest BCUT2D eigenvalue weighted by Gasteiger charge is -2.30. The van der Waals surface area contributed by atoms with Crippen LogP contribution in [-0.4, -0.2) is 41.9 Å². The average molecular weight is 388 g/mol. The summed E-state index contributed by atoms with van der Waals surface area (Å²) >= 11 is 0. The van der Waals surface area contributed by atoms with Crippen molar-refractivity contribution in [2.24, 2.45) is 0 Å². The maximum absolute atomic E-state index is 12.1. The Bertz CT molecular complexity index is 800. The molecule has 2 aliphatic heterocycles. The number of hydrogen-bond acceptors (Lipinski definition) is 7. The molecule has 0 bridgehead atoms. The van der Waals surface area contributed by atoms with Crippen LogP contribution in [0.1, 0.15) is 49.9 Å². The van der Waals surface area contributed by atoms with Gasteiger partial charge < -0.3 is 24.8 Å². The highest BCUT2D eigenvalue weighted by Crippen LogP contribution is 2.30. The fraction of sp³-hybridized carbons (Fsp3) is 0.450. The molecule has 2 fully saturated rings. The molecule has 0 spiro atoms. The van der Waals surface area contributed by atoms with Crippen molar-refractivity contribution < 1.29 is 29.0 Å². The maximum Gasteiger partial charge on any atom is 0.350 e. The second-order valence-electron chi connectivity index (χ2n) is 7.32. The SMILES string of the molecule is CC1(C)OC(=O)C(=CNc2cc(C(=O)O)ccc2N2CCCCCC2)C(=O)O1. The average Bonchev–Trinajstić information content (AvgIpc) is 2.89. The van der Waals surface area contributed by atoms with Crippen LogP contribution in [-0.2, 0) is 19.1 Å². The molecule has 2 N–H and O–H groups in total. The molecule has 0 saturated carbocycles. The van der Waals surface area contributed by atoms with Gasteiger partial charge in [-0.05, 0) is 31.0 Å². The van der Waals surface area contributed by atoms with Crippen LogP contribution in [0.25, 0.3) is 0 Å². The standard InChI is InChI=1S/C20H24N2O6/c1-20(2)27-18(25)14(19(26)28-20)12-21-15-11-13(17(23)24)7-8-16(15)22-9-5-3-4-6-10-22/h7-8,11-12,21H,3-6,9-10H2,1-2H3,(H,23,24). The third-order valence-corrected chi connectivity index (χ3v) is 4.68. The summed E-state index contributed by atoms with van der Waals surface area (Å²) in [6.07, 6.45) is 5.63. The minimum Gasteiger partial charge on any atom is -0.478 e. The van der Waals surface area contributed by atoms with Crippen LogP contribution in [0.2, 0.25) is 0 Å². The Morgan fingerprint density at radius 1 is 1.11 bits per heavy atom. The smallest absolute Gasteiger partial charge is 0.350 e. The summed E-state index contributed by atoms with van der Waals surface area (Å²) in [6.45, 7) is 4.66. The molecule has 2 saturated heterocycles. The Kier molecular flexibility index (Phi) is 5.58. The van der Waals surface area contributed by atoms with Crippen LogP contribution in [0, 0.1) is 0 Å². The first-order valence-corrected chi connectivity index (χ1v) is 9.32. The Morgan fingerprint density at radius 3 is 2.29 bits per heavy atom. The summed E-state index contributed by atoms with van der Waals surface area (Å²) in [7, 11) is 0. The summed E-state index contributed by atoms with van der Waals surface area (Å²) in [5.41, 5.74) is 1.15. The Morgan fingerprint density at radius 2 is 1.71 bits per heavy atom. The first kappa shape index (κ1) is 19.7. The van der Waals surface area contributed by atoms with Crippen molar-refractivity contribution in [1.29, 1.82) is 0 Å². The second kappa shape index (κ2) is 7.92. The van der Waals surface area contributed by atoms with E-state index in [1.807, 2.05) is 0 Å². The summed E-state index contributed by atoms with van der Waals surface area (Å²) in [5.74, 6) is -3.96. The van der Waals surface area contributed by atoms with Crippen LogP contribution < -0.4 is 10.2 Å². The van der Waals surface area contributed by atoms with Crippen molar-refractivity contribution in [2.45, 2.75) is 45.3 Å². The fourth-order valence-electron chi connectivity index (χ4n) is 3.30. The molecule has 3 rings (SSSR count). The molecule has 8 nitrogen and oxygen atoms in total. The van der Waals surface area contributed by atoms with E-state index in [1.54, 1.807) is 12.1 Å². The lowest BCUT2D eigenvalue weighted by Crippen LogP contribution is -2.42. The molecule has 2 aliphatic rings. The van der Waals surface area contributed by atoms with Gasteiger partial charge in [-0.2, -0.15) is 0 Å². The van der Waals surface area contributed by atoms with Gasteiger partial charge in [0.2, 0.25) is 0 Å². The van der Waals surface area contributed by atoms with Gasteiger partial charge in [-0.3, -0.25) is 0 Å². The summed E-state index contributed by atoms with van der Waals surface area (Å²) in [4.78, 5) is 37.8. The molecule has 0 amide bonds. The zero-order valence-corrected chi connectivity index (χ0v) is 16.0. The van der Waals surface area contributed by atoms with E-state index in [1.165, 1.54) is 26.1 Å². The molecule has 0 unspecified atom stereocenters. The van der Waals surface area contributed by atoms with E-state index in [0.717, 1.165) is 44.5 Å². The largest absolute Gasteiger partial charge is 0.478 e. The van der Waals surface area contributed by atoms with E-state index >= 15 is 0 Å². The second-order valence-corrected chi connectivity index (χ2v) is 7.32. The number of rotatable bonds is 4. The highest BCUT2D eigenvalue weighted by molar-refractivity contribution is 6.15. The third kappa shape index (κ3) is 4.44. The molecule has 0 atom stereocenters. The normalized spacial score (nSPS) is 19.4. The Labute approximate surface area is 163 Å². The first-order chi connectivity index (χ1) is 13.3. The highest BCUT2D eigenvalue weighted by atomic mass is 16.7. The molecule has 1 aromatic rings. The van der Waals surface area contributed by atoms with Crippen LogP contribution in [0.5, 0.6) is 0 Å². The van der Waals surface area contributed by atoms with Gasteiger partial charge >= 0.3 is 17.9 Å². The zero-order chi connectivity index (χ0) is 20.3. The number of carbonyl (C=O) groups excluding carboxylic acids is 2. The summed E-state index contributed by atoms with van der Waals surface area (Å²) < 4.78 is 10.2. The zero-order valence-electron chi connectivity index (χ0n) is 16.0. The fourth-order valence-corrected chi connectivity index (χ4v) is 3.30. The molecular weight excluding hydrogens is 364 g/mol. The predicted octanol–water partition coefficient (Wildman–Crippen LogP) is 2.90. The number of hydrogen-bond donors (Lipinski definition) is 2. The molecule has 2 heterocycles. The van der Waals surface area contributed by atoms with Crippen molar-refractivity contribution in [2.75, 3.05) is 23.3 Å². The molecule has 1 aromatic carbocycles. The van der Waals surface area contributed by atoms with Gasteiger partial charge in [0, 0.05) is 33.1 Å². The third-order valence-electron chi connectivity index (χ3n) is 4.68. The van der Waals surface area contributed by atoms with Crippen LogP contribution in [0.15, 0.2) is 30.0 Å². The number of nitrogens with one attached hydrogen (secondary N) is 1. The molecule has 150 valence electrons. The summed E-state index contributed by atoms with van der Waals surface area (Å²) in [6, 6.07) is 4.78. The first-order valence-electron chi connectivity index (χ1n) is 9.32. The number of aromatic carboxylic acids is 1. The minimum absolute atomic E-state index is 0.106. The molecule has 0 aromatic heterocycles. The highest BCUT2D eigenvalue weighted by Gasteiger charge is 2.39. The van der Waals surface area contributed by atoms with Crippen molar-refractivity contribution in [3.05, 3.63) is 35.5 Å². The molecule has 0 radical (unpaired) electrons. The quantitative estimate of drug-likeness (QED) is 0.461. The van der Waals surface area contributed by atoms with Gasteiger partial charge in [0.1, 0.15) is 0 Å². The summed E-state index contributed by atoms with van der Waals surface area (Å²) in [5, 5.41) is 12.2. The van der Waals surface area contributed by atoms with Gasteiger partial charge in [-0.15, -0.1) is 0 Å². The number of carboxylic acids is 1. The van der Waals surface area contributed by atoms with E-state index in [-0.39, 0.29) is 11.1 Å². The maximum atomic E-state index is 12.1. The van der Waals surface area contributed by atoms with Crippen molar-refractivity contribution >= 4 is 29.3 Å². The van der Waals surface area contributed by atoms with E-state index in [0.29, 0.717) is 5.69 Å². The monoisotopic (exact) mass is 388 g/mol. The van der Waals surface area contributed by atoms with E-state index in [9.17, 15) is 19.5 Å². The number of nitrogens with zero attached hydrogens (tertiary/aromatic N) is 1. The molecule has 0 aliphatic carbocycles. The van der Waals surface area contributed by atoms with Crippen LogP contribution in [0.3, 0.4) is 0 Å². The van der Waals surface area contributed by atoms with Crippen molar-refractivity contribution in [3.63, 3.8) is 0 Å². The minimum atomic E-state index is -1.31. The number of carboxylic acid groups (broad SMARTS) is 1. The van der Waals surface area contributed by atoms with Gasteiger partial charge in [-0.1, -0.05) is 12.8 Å². The van der Waals surface area contributed by atoms with Crippen molar-refractivity contribution in [3.8, 4) is 0 Å². The number of benzene rings is 1. The van der Waals surface area contributed by atoms with Gasteiger partial charge in [0.15, 0.2) is 5.57 Å². The lowest BCUT2D eigenvalue weighted by molar-refractivity contribution is -0.222. The Balaban J connectivity index is 1.90. The number of anilines is 2. The van der Waals surface area contributed by atoms with Crippen LogP contribution in [0.4, 0.5) is 11.4 Å². The number of esters is 2. The van der Waals surface area contributed by atoms with Gasteiger partial charge in [0.05, 0.1) is 16.9 Å². The molecule has 8 heteroatoms. The van der Waals surface area contributed by atoms with E-state index in [2.05, 4.69) is 10.2 Å². The van der Waals surface area contributed by atoms with Gasteiger partial charge in [0.25, 0.3) is 5.79 Å². The van der Waals surface area contributed by atoms with Crippen molar-refractivity contribution in [1.82, 2.24) is 0 Å².